The molecule has 2 aliphatic carbocycles. The van der Waals surface area contributed by atoms with E-state index in [2.05, 4.69) is 39.2 Å². The van der Waals surface area contributed by atoms with E-state index in [1.165, 1.54) is 5.56 Å². The average molecular weight is 493 g/mol. The van der Waals surface area contributed by atoms with Gasteiger partial charge in [0.15, 0.2) is 0 Å². The van der Waals surface area contributed by atoms with Crippen LogP contribution in [0, 0.1) is 0 Å². The maximum atomic E-state index is 13.7. The third kappa shape index (κ3) is 3.93. The predicted molar refractivity (Wildman–Crippen MR) is 140 cm³/mol. The number of piperazine rings is 1. The maximum absolute atomic E-state index is 13.7. The van der Waals surface area contributed by atoms with Crippen LogP contribution in [0.3, 0.4) is 0 Å². The van der Waals surface area contributed by atoms with Crippen molar-refractivity contribution in [3.63, 3.8) is 0 Å². The highest BCUT2D eigenvalue weighted by molar-refractivity contribution is 5.95. The number of amides is 1. The maximum Gasteiger partial charge on any atom is 0.257 e. The molecule has 1 N–H and O–H groups in total. The Morgan fingerprint density at radius 2 is 1.65 bits per heavy atom. The second-order valence-corrected chi connectivity index (χ2v) is 10.1. The molecule has 8 nitrogen and oxygen atoms in total. The van der Waals surface area contributed by atoms with Gasteiger partial charge in [-0.2, -0.15) is 5.10 Å². The topological polar surface area (TPSA) is 87.4 Å². The van der Waals surface area contributed by atoms with Crippen LogP contribution in [-0.2, 0) is 12.8 Å². The van der Waals surface area contributed by atoms with Gasteiger partial charge in [0.05, 0.1) is 23.1 Å². The number of carbonyl (C=O) groups excluding carboxylic acids is 1. The summed E-state index contributed by atoms with van der Waals surface area (Å²) in [7, 11) is 0. The second kappa shape index (κ2) is 8.73. The molecule has 1 aliphatic heterocycles. The lowest BCUT2D eigenvalue weighted by Crippen LogP contribution is -2.48. The number of aromatic nitrogens is 4. The zero-order valence-corrected chi connectivity index (χ0v) is 20.5. The number of anilines is 1. The van der Waals surface area contributed by atoms with Crippen molar-refractivity contribution in [2.45, 2.75) is 31.6 Å². The van der Waals surface area contributed by atoms with E-state index in [1.807, 2.05) is 23.2 Å². The Labute approximate surface area is 215 Å². The molecule has 2 aromatic carbocycles. The monoisotopic (exact) mass is 492 g/mol. The number of hydrogen-bond acceptors (Lipinski definition) is 6. The zero-order chi connectivity index (χ0) is 24.9. The summed E-state index contributed by atoms with van der Waals surface area (Å²) >= 11 is 0. The average Bonchev–Trinajstić information content (AvgIpc) is 3.70. The van der Waals surface area contributed by atoms with Crippen LogP contribution >= 0.6 is 0 Å². The number of benzene rings is 2. The summed E-state index contributed by atoms with van der Waals surface area (Å²) in [6, 6.07) is 15.7. The molecule has 1 amide bonds. The summed E-state index contributed by atoms with van der Waals surface area (Å²) < 4.78 is 1.80. The van der Waals surface area contributed by atoms with E-state index < -0.39 is 0 Å². The Hall–Kier alpha value is -4.20. The predicted octanol–water partition coefficient (Wildman–Crippen LogP) is 3.97. The zero-order valence-electron chi connectivity index (χ0n) is 20.5. The van der Waals surface area contributed by atoms with Crippen LogP contribution in [0.5, 0.6) is 5.75 Å². The van der Waals surface area contributed by atoms with Gasteiger partial charge in [-0.25, -0.2) is 14.6 Å². The minimum Gasteiger partial charge on any atom is -0.508 e. The van der Waals surface area contributed by atoms with Gasteiger partial charge in [0, 0.05) is 49.5 Å². The molecule has 2 fully saturated rings. The first kappa shape index (κ1) is 22.0. The van der Waals surface area contributed by atoms with E-state index in [4.69, 9.17) is 4.98 Å². The Kier molecular flexibility index (Phi) is 5.20. The number of phenols is 1. The lowest BCUT2D eigenvalue weighted by Gasteiger charge is -2.36. The molecule has 1 saturated carbocycles. The van der Waals surface area contributed by atoms with E-state index in [1.54, 1.807) is 23.0 Å². The van der Waals surface area contributed by atoms with Gasteiger partial charge in [-0.05, 0) is 61.1 Å². The van der Waals surface area contributed by atoms with Crippen molar-refractivity contribution in [2.24, 2.45) is 0 Å². The second-order valence-electron chi connectivity index (χ2n) is 10.1. The minimum atomic E-state index is 0.0295. The van der Waals surface area contributed by atoms with Gasteiger partial charge in [-0.3, -0.25) is 4.79 Å². The molecule has 186 valence electrons. The fraction of sp³-hybridized carbons (Fsp3) is 0.310. The summed E-state index contributed by atoms with van der Waals surface area (Å²) in [4.78, 5) is 27.5. The molecule has 0 atom stereocenters. The molecular formula is C29H28N6O2. The summed E-state index contributed by atoms with van der Waals surface area (Å²) in [6.45, 7) is 2.77. The number of fused-ring (bicyclic) bond motifs is 3. The quantitative estimate of drug-likeness (QED) is 0.464. The third-order valence-electron chi connectivity index (χ3n) is 7.76. The van der Waals surface area contributed by atoms with Crippen molar-refractivity contribution >= 4 is 11.6 Å². The van der Waals surface area contributed by atoms with Crippen molar-refractivity contribution < 1.29 is 9.90 Å². The van der Waals surface area contributed by atoms with Crippen LogP contribution in [0.1, 0.15) is 45.9 Å². The van der Waals surface area contributed by atoms with E-state index in [9.17, 15) is 9.90 Å². The number of rotatable bonds is 4. The van der Waals surface area contributed by atoms with Crippen molar-refractivity contribution in [3.8, 4) is 23.0 Å². The van der Waals surface area contributed by atoms with Gasteiger partial charge in [0.1, 0.15) is 5.75 Å². The van der Waals surface area contributed by atoms with Crippen LogP contribution in [-0.4, -0.2) is 61.8 Å². The largest absolute Gasteiger partial charge is 0.508 e. The lowest BCUT2D eigenvalue weighted by molar-refractivity contribution is 0.0745. The molecule has 8 heteroatoms. The van der Waals surface area contributed by atoms with Crippen molar-refractivity contribution in [2.75, 3.05) is 31.1 Å². The van der Waals surface area contributed by atoms with Crippen LogP contribution in [0.15, 0.2) is 60.9 Å². The fourth-order valence-corrected chi connectivity index (χ4v) is 5.59. The van der Waals surface area contributed by atoms with Gasteiger partial charge in [0.2, 0.25) is 0 Å². The van der Waals surface area contributed by atoms with Crippen molar-refractivity contribution in [3.05, 3.63) is 83.3 Å². The summed E-state index contributed by atoms with van der Waals surface area (Å²) in [6.07, 6.45) is 7.67. The normalized spacial score (nSPS) is 16.9. The highest BCUT2D eigenvalue weighted by Gasteiger charge is 2.35. The number of carbonyl (C=O) groups is 1. The lowest BCUT2D eigenvalue weighted by atomic mass is 9.90. The minimum absolute atomic E-state index is 0.0295. The molecule has 0 radical (unpaired) electrons. The molecule has 7 rings (SSSR count). The summed E-state index contributed by atoms with van der Waals surface area (Å²) in [5.74, 6) is 1.14. The van der Waals surface area contributed by atoms with Crippen LogP contribution < -0.4 is 4.90 Å². The highest BCUT2D eigenvalue weighted by Crippen LogP contribution is 2.43. The molecule has 2 aromatic heterocycles. The molecule has 3 heterocycles. The molecular weight excluding hydrogens is 464 g/mol. The Balaban J connectivity index is 1.16. The van der Waals surface area contributed by atoms with Gasteiger partial charge >= 0.3 is 0 Å². The van der Waals surface area contributed by atoms with E-state index in [-0.39, 0.29) is 11.7 Å². The van der Waals surface area contributed by atoms with Crippen molar-refractivity contribution in [1.29, 1.82) is 0 Å². The van der Waals surface area contributed by atoms with E-state index in [0.29, 0.717) is 30.5 Å². The summed E-state index contributed by atoms with van der Waals surface area (Å²) in [5, 5.41) is 14.2. The van der Waals surface area contributed by atoms with E-state index >= 15 is 0 Å². The SMILES string of the molecule is O=C(c1cnn(-c2ncc3c(n2)-c2ccccc2CC3)c1C1CC1)N1CCN(c2ccc(O)cc2)CC1. The van der Waals surface area contributed by atoms with Crippen molar-refractivity contribution in [1.82, 2.24) is 24.6 Å². The number of aryl methyl sites for hydroxylation is 2. The van der Waals surface area contributed by atoms with Crippen LogP contribution in [0.25, 0.3) is 17.2 Å². The standard InChI is InChI=1S/C29H28N6O2/c36-23-11-9-22(10-12-23)33-13-15-34(16-14-33)28(37)25-18-31-35(27(25)20-6-7-20)29-30-17-21-8-5-19-3-1-2-4-24(19)26(21)32-29/h1-4,9-12,17-18,20,36H,5-8,13-16H2. The molecule has 0 spiro atoms. The number of aromatic hydroxyl groups is 1. The molecule has 4 aromatic rings. The smallest absolute Gasteiger partial charge is 0.257 e. The summed E-state index contributed by atoms with van der Waals surface area (Å²) in [5.41, 5.74) is 7.27. The molecule has 0 bridgehead atoms. The van der Waals surface area contributed by atoms with Crippen LogP contribution in [0.2, 0.25) is 0 Å². The molecule has 0 unspecified atom stereocenters. The first-order valence-electron chi connectivity index (χ1n) is 13.0. The first-order valence-corrected chi connectivity index (χ1v) is 13.0. The number of nitrogens with zero attached hydrogens (tertiary/aromatic N) is 6. The van der Waals surface area contributed by atoms with E-state index in [0.717, 1.165) is 67.0 Å². The van der Waals surface area contributed by atoms with Crippen LogP contribution in [0.4, 0.5) is 5.69 Å². The van der Waals surface area contributed by atoms with Gasteiger partial charge in [-0.15, -0.1) is 0 Å². The number of hydrogen-bond donors (Lipinski definition) is 1. The highest BCUT2D eigenvalue weighted by atomic mass is 16.3. The molecule has 37 heavy (non-hydrogen) atoms. The van der Waals surface area contributed by atoms with Gasteiger partial charge in [-0.1, -0.05) is 24.3 Å². The Morgan fingerprint density at radius 3 is 2.43 bits per heavy atom. The van der Waals surface area contributed by atoms with Gasteiger partial charge < -0.3 is 14.9 Å². The third-order valence-corrected chi connectivity index (χ3v) is 7.76. The van der Waals surface area contributed by atoms with Gasteiger partial charge in [0.25, 0.3) is 11.9 Å². The first-order chi connectivity index (χ1) is 18.2. The molecule has 3 aliphatic rings. The molecule has 1 saturated heterocycles. The Morgan fingerprint density at radius 1 is 0.892 bits per heavy atom. The Bertz CT molecular complexity index is 1480. The fourth-order valence-electron chi connectivity index (χ4n) is 5.59. The number of phenolic OH excluding ortho intramolecular Hbond substituents is 1.